The number of nitrogens with zero attached hydrogens (tertiary/aromatic N) is 3. The Labute approximate surface area is 112 Å². The van der Waals surface area contributed by atoms with Crippen molar-refractivity contribution in [3.05, 3.63) is 24.2 Å². The van der Waals surface area contributed by atoms with E-state index in [1.807, 2.05) is 12.1 Å². The molecule has 2 aromatic rings. The average Bonchev–Trinajstić information content (AvgIpc) is 2.85. The molecule has 5 heteroatoms. The zero-order valence-electron chi connectivity index (χ0n) is 11.2. The van der Waals surface area contributed by atoms with Gasteiger partial charge in [0, 0.05) is 26.5 Å². The van der Waals surface area contributed by atoms with Crippen molar-refractivity contribution in [1.29, 1.82) is 0 Å². The van der Waals surface area contributed by atoms with Gasteiger partial charge in [0.05, 0.1) is 6.61 Å². The van der Waals surface area contributed by atoms with Gasteiger partial charge in [-0.25, -0.2) is 9.97 Å². The molecule has 1 atom stereocenters. The topological polar surface area (TPSA) is 49.2 Å². The van der Waals surface area contributed by atoms with Crippen LogP contribution in [0.4, 0.5) is 0 Å². The number of hydrogen-bond acceptors (Lipinski definition) is 4. The van der Waals surface area contributed by atoms with Crippen molar-refractivity contribution in [2.75, 3.05) is 20.3 Å². The van der Waals surface area contributed by atoms with Crippen molar-refractivity contribution in [2.24, 2.45) is 0 Å². The highest BCUT2D eigenvalue weighted by atomic mass is 16.5. The van der Waals surface area contributed by atoms with Gasteiger partial charge < -0.3 is 14.0 Å². The number of rotatable bonds is 4. The van der Waals surface area contributed by atoms with E-state index < -0.39 is 0 Å². The van der Waals surface area contributed by atoms with E-state index in [4.69, 9.17) is 14.5 Å². The molecule has 102 valence electrons. The summed E-state index contributed by atoms with van der Waals surface area (Å²) in [6, 6.07) is 3.92. The SMILES string of the molecule is COCCn1c(C2CCCCO2)nc2cccnc21. The Morgan fingerprint density at radius 1 is 1.47 bits per heavy atom. The maximum atomic E-state index is 5.86. The predicted octanol–water partition coefficient (Wildman–Crippen LogP) is 2.32. The second kappa shape index (κ2) is 5.67. The third kappa shape index (κ3) is 2.48. The van der Waals surface area contributed by atoms with E-state index in [1.54, 1.807) is 13.3 Å². The van der Waals surface area contributed by atoms with E-state index in [2.05, 4.69) is 9.55 Å². The summed E-state index contributed by atoms with van der Waals surface area (Å²) >= 11 is 0. The fourth-order valence-corrected chi connectivity index (χ4v) is 2.57. The number of aromatic nitrogens is 3. The fourth-order valence-electron chi connectivity index (χ4n) is 2.57. The Morgan fingerprint density at radius 3 is 3.21 bits per heavy atom. The third-order valence-electron chi connectivity index (χ3n) is 3.52. The van der Waals surface area contributed by atoms with Crippen LogP contribution in [0, 0.1) is 0 Å². The summed E-state index contributed by atoms with van der Waals surface area (Å²) < 4.78 is 13.2. The van der Waals surface area contributed by atoms with Crippen LogP contribution in [-0.2, 0) is 16.0 Å². The molecule has 3 heterocycles. The molecule has 1 aliphatic rings. The average molecular weight is 261 g/mol. The molecule has 2 aromatic heterocycles. The lowest BCUT2D eigenvalue weighted by Gasteiger charge is -2.22. The zero-order valence-corrected chi connectivity index (χ0v) is 11.2. The van der Waals surface area contributed by atoms with E-state index >= 15 is 0 Å². The summed E-state index contributed by atoms with van der Waals surface area (Å²) in [4.78, 5) is 9.15. The molecule has 0 spiro atoms. The van der Waals surface area contributed by atoms with Gasteiger partial charge in [0.2, 0.25) is 0 Å². The zero-order chi connectivity index (χ0) is 13.1. The molecule has 0 radical (unpaired) electrons. The van der Waals surface area contributed by atoms with Gasteiger partial charge in [-0.2, -0.15) is 0 Å². The standard InChI is InChI=1S/C14H19N3O2/c1-18-10-8-17-13-11(5-4-7-15-13)16-14(17)12-6-2-3-9-19-12/h4-5,7,12H,2-3,6,8-10H2,1H3. The maximum Gasteiger partial charge on any atom is 0.160 e. The van der Waals surface area contributed by atoms with Crippen LogP contribution in [0.5, 0.6) is 0 Å². The maximum absolute atomic E-state index is 5.86. The van der Waals surface area contributed by atoms with Gasteiger partial charge in [-0.15, -0.1) is 0 Å². The number of hydrogen-bond donors (Lipinski definition) is 0. The second-order valence-corrected chi connectivity index (χ2v) is 4.82. The van der Waals surface area contributed by atoms with Crippen LogP contribution >= 0.6 is 0 Å². The van der Waals surface area contributed by atoms with Crippen LogP contribution in [0.25, 0.3) is 11.2 Å². The molecule has 1 aliphatic heterocycles. The molecule has 0 aromatic carbocycles. The molecule has 1 unspecified atom stereocenters. The smallest absolute Gasteiger partial charge is 0.160 e. The molecule has 0 amide bonds. The Balaban J connectivity index is 2.00. The van der Waals surface area contributed by atoms with Crippen molar-refractivity contribution in [2.45, 2.75) is 31.9 Å². The number of pyridine rings is 1. The molecule has 5 nitrogen and oxygen atoms in total. The molecule has 19 heavy (non-hydrogen) atoms. The number of methoxy groups -OCH3 is 1. The van der Waals surface area contributed by atoms with Crippen LogP contribution < -0.4 is 0 Å². The Kier molecular flexibility index (Phi) is 3.75. The van der Waals surface area contributed by atoms with Gasteiger partial charge in [-0.05, 0) is 31.4 Å². The van der Waals surface area contributed by atoms with Crippen LogP contribution in [0.2, 0.25) is 0 Å². The summed E-state index contributed by atoms with van der Waals surface area (Å²) in [6.45, 7) is 2.24. The quantitative estimate of drug-likeness (QED) is 0.847. The van der Waals surface area contributed by atoms with E-state index in [0.717, 1.165) is 43.0 Å². The largest absolute Gasteiger partial charge is 0.383 e. The third-order valence-corrected chi connectivity index (χ3v) is 3.52. The summed E-state index contributed by atoms with van der Waals surface area (Å²) in [5.41, 5.74) is 1.85. The van der Waals surface area contributed by atoms with E-state index in [-0.39, 0.29) is 6.10 Å². The van der Waals surface area contributed by atoms with Gasteiger partial charge in [0.15, 0.2) is 5.65 Å². The monoisotopic (exact) mass is 261 g/mol. The summed E-state index contributed by atoms with van der Waals surface area (Å²) in [5.74, 6) is 0.991. The van der Waals surface area contributed by atoms with Crippen LogP contribution in [0.1, 0.15) is 31.2 Å². The number of ether oxygens (including phenoxy) is 2. The molecular formula is C14H19N3O2. The highest BCUT2D eigenvalue weighted by molar-refractivity contribution is 5.71. The predicted molar refractivity (Wildman–Crippen MR) is 71.9 cm³/mol. The number of imidazole rings is 1. The lowest BCUT2D eigenvalue weighted by Crippen LogP contribution is -2.18. The van der Waals surface area contributed by atoms with Crippen molar-refractivity contribution >= 4 is 11.2 Å². The van der Waals surface area contributed by atoms with E-state index in [0.29, 0.717) is 6.61 Å². The Hall–Kier alpha value is -1.46. The molecule has 1 saturated heterocycles. The minimum absolute atomic E-state index is 0.0970. The van der Waals surface area contributed by atoms with Crippen LogP contribution in [-0.4, -0.2) is 34.9 Å². The molecule has 0 saturated carbocycles. The van der Waals surface area contributed by atoms with Gasteiger partial charge in [0.25, 0.3) is 0 Å². The van der Waals surface area contributed by atoms with Gasteiger partial charge in [-0.1, -0.05) is 0 Å². The first kappa shape index (κ1) is 12.6. The lowest BCUT2D eigenvalue weighted by molar-refractivity contribution is 0.00703. The fraction of sp³-hybridized carbons (Fsp3) is 0.571. The van der Waals surface area contributed by atoms with Gasteiger partial charge >= 0.3 is 0 Å². The van der Waals surface area contributed by atoms with E-state index in [9.17, 15) is 0 Å². The highest BCUT2D eigenvalue weighted by Gasteiger charge is 2.23. The minimum atomic E-state index is 0.0970. The van der Waals surface area contributed by atoms with Crippen molar-refractivity contribution in [1.82, 2.24) is 14.5 Å². The Bertz CT molecular complexity index is 547. The normalized spacial score (nSPS) is 19.9. The van der Waals surface area contributed by atoms with Crippen LogP contribution in [0.15, 0.2) is 18.3 Å². The first-order chi connectivity index (χ1) is 9.40. The van der Waals surface area contributed by atoms with Crippen LogP contribution in [0.3, 0.4) is 0 Å². The summed E-state index contributed by atoms with van der Waals surface area (Å²) in [5, 5.41) is 0. The van der Waals surface area contributed by atoms with Gasteiger partial charge in [-0.3, -0.25) is 0 Å². The first-order valence-electron chi connectivity index (χ1n) is 6.82. The van der Waals surface area contributed by atoms with Gasteiger partial charge in [0.1, 0.15) is 17.4 Å². The molecule has 0 N–H and O–H groups in total. The molecular weight excluding hydrogens is 242 g/mol. The second-order valence-electron chi connectivity index (χ2n) is 4.82. The van der Waals surface area contributed by atoms with Crippen molar-refractivity contribution in [3.8, 4) is 0 Å². The van der Waals surface area contributed by atoms with E-state index in [1.165, 1.54) is 6.42 Å². The molecule has 3 rings (SSSR count). The number of fused-ring (bicyclic) bond motifs is 1. The Morgan fingerprint density at radius 2 is 2.42 bits per heavy atom. The molecule has 0 bridgehead atoms. The first-order valence-corrected chi connectivity index (χ1v) is 6.82. The molecule has 1 fully saturated rings. The molecule has 0 aliphatic carbocycles. The minimum Gasteiger partial charge on any atom is -0.383 e. The van der Waals surface area contributed by atoms with Crippen molar-refractivity contribution in [3.63, 3.8) is 0 Å². The van der Waals surface area contributed by atoms with Crippen molar-refractivity contribution < 1.29 is 9.47 Å². The lowest BCUT2D eigenvalue weighted by atomic mass is 10.1. The summed E-state index contributed by atoms with van der Waals surface area (Å²) in [6.07, 6.45) is 5.29. The highest BCUT2D eigenvalue weighted by Crippen LogP contribution is 2.29. The summed E-state index contributed by atoms with van der Waals surface area (Å²) in [7, 11) is 1.71.